The summed E-state index contributed by atoms with van der Waals surface area (Å²) in [5.74, 6) is 1.88. The SMILES string of the molecule is C=CCON1C[C@@H](SC(C)=O)C(=C=O)[C@H]1COCCF. The minimum atomic E-state index is -0.591. The fraction of sp³-hybridized carbons (Fsp3) is 0.615. The summed E-state index contributed by atoms with van der Waals surface area (Å²) >= 11 is 1.06. The van der Waals surface area contributed by atoms with E-state index in [4.69, 9.17) is 9.57 Å². The molecule has 0 aromatic rings. The van der Waals surface area contributed by atoms with Crippen LogP contribution < -0.4 is 0 Å². The van der Waals surface area contributed by atoms with E-state index in [1.54, 1.807) is 11.1 Å². The fourth-order valence-corrected chi connectivity index (χ4v) is 2.86. The number of hydrogen-bond acceptors (Lipinski definition) is 6. The van der Waals surface area contributed by atoms with Crippen molar-refractivity contribution >= 4 is 22.8 Å². The van der Waals surface area contributed by atoms with Crippen LogP contribution in [-0.2, 0) is 19.2 Å². The summed E-state index contributed by atoms with van der Waals surface area (Å²) in [7, 11) is 0. The quantitative estimate of drug-likeness (QED) is 0.381. The van der Waals surface area contributed by atoms with Gasteiger partial charge < -0.3 is 4.74 Å². The summed E-state index contributed by atoms with van der Waals surface area (Å²) in [5.41, 5.74) is 0.410. The largest absolute Gasteiger partial charge is 0.377 e. The lowest BCUT2D eigenvalue weighted by Crippen LogP contribution is -2.34. The Bertz CT molecular complexity index is 398. The van der Waals surface area contributed by atoms with Crippen LogP contribution in [0, 0.1) is 0 Å². The van der Waals surface area contributed by atoms with Crippen molar-refractivity contribution in [3.63, 3.8) is 0 Å². The molecule has 1 saturated heterocycles. The van der Waals surface area contributed by atoms with Crippen LogP contribution in [0.2, 0.25) is 0 Å². The van der Waals surface area contributed by atoms with Crippen molar-refractivity contribution in [2.24, 2.45) is 0 Å². The molecule has 20 heavy (non-hydrogen) atoms. The topological polar surface area (TPSA) is 55.8 Å². The second kappa shape index (κ2) is 9.05. The molecule has 0 radical (unpaired) electrons. The maximum absolute atomic E-state index is 12.1. The number of halogens is 1. The average molecular weight is 303 g/mol. The van der Waals surface area contributed by atoms with Crippen molar-refractivity contribution in [1.29, 1.82) is 0 Å². The first-order chi connectivity index (χ1) is 9.63. The van der Waals surface area contributed by atoms with Gasteiger partial charge in [-0.2, -0.15) is 5.06 Å². The molecule has 2 atom stereocenters. The third-order valence-electron chi connectivity index (χ3n) is 2.68. The Labute approximate surface area is 121 Å². The lowest BCUT2D eigenvalue weighted by Gasteiger charge is -2.22. The zero-order valence-corrected chi connectivity index (χ0v) is 12.2. The molecule has 0 amide bonds. The number of carbonyl (C=O) groups excluding carboxylic acids is 2. The lowest BCUT2D eigenvalue weighted by atomic mass is 10.1. The normalized spacial score (nSPS) is 22.8. The van der Waals surface area contributed by atoms with Crippen LogP contribution in [0.25, 0.3) is 0 Å². The summed E-state index contributed by atoms with van der Waals surface area (Å²) in [4.78, 5) is 27.8. The highest BCUT2D eigenvalue weighted by Crippen LogP contribution is 2.32. The molecule has 1 rings (SSSR count). The van der Waals surface area contributed by atoms with Gasteiger partial charge in [-0.3, -0.25) is 9.63 Å². The van der Waals surface area contributed by atoms with Gasteiger partial charge in [-0.25, -0.2) is 9.18 Å². The Morgan fingerprint density at radius 1 is 1.70 bits per heavy atom. The fourth-order valence-electron chi connectivity index (χ4n) is 1.91. The molecule has 5 nitrogen and oxygen atoms in total. The maximum atomic E-state index is 12.1. The third kappa shape index (κ3) is 4.85. The second-order valence-corrected chi connectivity index (χ2v) is 5.50. The minimum Gasteiger partial charge on any atom is -0.377 e. The van der Waals surface area contributed by atoms with Gasteiger partial charge in [0.1, 0.15) is 12.6 Å². The molecule has 1 aliphatic rings. The maximum Gasteiger partial charge on any atom is 0.186 e. The van der Waals surface area contributed by atoms with Gasteiger partial charge in [-0.15, -0.1) is 6.58 Å². The number of nitrogens with zero attached hydrogens (tertiary/aromatic N) is 1. The highest BCUT2D eigenvalue weighted by molar-refractivity contribution is 8.14. The smallest absolute Gasteiger partial charge is 0.186 e. The molecule has 1 aliphatic heterocycles. The average Bonchev–Trinajstić information content (AvgIpc) is 2.73. The van der Waals surface area contributed by atoms with E-state index in [0.29, 0.717) is 12.1 Å². The molecule has 0 bridgehead atoms. The second-order valence-electron chi connectivity index (χ2n) is 4.12. The molecule has 0 aliphatic carbocycles. The monoisotopic (exact) mass is 303 g/mol. The summed E-state index contributed by atoms with van der Waals surface area (Å²) in [6.45, 7) is 5.15. The molecule has 0 aromatic heterocycles. The Morgan fingerprint density at radius 2 is 2.45 bits per heavy atom. The molecule has 7 heteroatoms. The van der Waals surface area contributed by atoms with Gasteiger partial charge >= 0.3 is 0 Å². The molecular weight excluding hydrogens is 285 g/mol. The van der Waals surface area contributed by atoms with Crippen molar-refractivity contribution in [2.75, 3.05) is 33.0 Å². The van der Waals surface area contributed by atoms with Crippen LogP contribution in [-0.4, -0.2) is 60.5 Å². The van der Waals surface area contributed by atoms with E-state index in [-0.39, 0.29) is 30.2 Å². The zero-order valence-electron chi connectivity index (χ0n) is 11.3. The van der Waals surface area contributed by atoms with Crippen molar-refractivity contribution in [2.45, 2.75) is 18.2 Å². The summed E-state index contributed by atoms with van der Waals surface area (Å²) < 4.78 is 17.2. The summed E-state index contributed by atoms with van der Waals surface area (Å²) in [5, 5.41) is 1.17. The summed E-state index contributed by atoms with van der Waals surface area (Å²) in [6.07, 6.45) is 1.58. The van der Waals surface area contributed by atoms with Crippen molar-refractivity contribution < 1.29 is 23.6 Å². The van der Waals surface area contributed by atoms with Crippen molar-refractivity contribution in [3.8, 4) is 0 Å². The van der Waals surface area contributed by atoms with Crippen LogP contribution >= 0.6 is 11.8 Å². The van der Waals surface area contributed by atoms with Crippen molar-refractivity contribution in [3.05, 3.63) is 18.2 Å². The molecular formula is C13H18FNO4S. The van der Waals surface area contributed by atoms with Gasteiger partial charge in [0.25, 0.3) is 0 Å². The van der Waals surface area contributed by atoms with Crippen LogP contribution in [0.15, 0.2) is 18.2 Å². The highest BCUT2D eigenvalue weighted by atomic mass is 32.2. The number of ether oxygens (including phenoxy) is 1. The molecule has 0 saturated carbocycles. The third-order valence-corrected chi connectivity index (χ3v) is 3.70. The Kier molecular flexibility index (Phi) is 7.72. The first kappa shape index (κ1) is 17.1. The predicted molar refractivity (Wildman–Crippen MR) is 74.7 cm³/mol. The van der Waals surface area contributed by atoms with E-state index >= 15 is 0 Å². The van der Waals surface area contributed by atoms with E-state index < -0.39 is 12.7 Å². The Morgan fingerprint density at radius 3 is 3.00 bits per heavy atom. The van der Waals surface area contributed by atoms with Gasteiger partial charge in [0.2, 0.25) is 0 Å². The molecule has 0 spiro atoms. The molecule has 0 N–H and O–H groups in total. The first-order valence-corrected chi connectivity index (χ1v) is 7.08. The molecule has 0 aromatic carbocycles. The summed E-state index contributed by atoms with van der Waals surface area (Å²) in [6, 6.07) is -0.448. The lowest BCUT2D eigenvalue weighted by molar-refractivity contribution is -0.163. The molecule has 1 fully saturated rings. The van der Waals surface area contributed by atoms with E-state index in [1.165, 1.54) is 6.92 Å². The Balaban J connectivity index is 2.77. The van der Waals surface area contributed by atoms with E-state index in [2.05, 4.69) is 6.58 Å². The van der Waals surface area contributed by atoms with Crippen LogP contribution in [0.1, 0.15) is 6.92 Å². The van der Waals surface area contributed by atoms with Crippen molar-refractivity contribution in [1.82, 2.24) is 5.06 Å². The van der Waals surface area contributed by atoms with E-state index in [9.17, 15) is 14.0 Å². The van der Waals surface area contributed by atoms with Gasteiger partial charge in [0.15, 0.2) is 5.12 Å². The van der Waals surface area contributed by atoms with Gasteiger partial charge in [0.05, 0.1) is 36.7 Å². The highest BCUT2D eigenvalue weighted by Gasteiger charge is 2.40. The van der Waals surface area contributed by atoms with E-state index in [1.807, 2.05) is 5.94 Å². The number of alkyl halides is 1. The van der Waals surface area contributed by atoms with Crippen LogP contribution in [0.5, 0.6) is 0 Å². The molecule has 0 unspecified atom stereocenters. The Hall–Kier alpha value is -0.980. The minimum absolute atomic E-state index is 0.0392. The standard InChI is InChI=1S/C13H18FNO4S/c1-3-5-19-15-7-13(20-10(2)17)11(8-16)12(15)9-18-6-4-14/h3,12-13H,1,4-7,9H2,2H3/t12-,13-/m1/s1. The van der Waals surface area contributed by atoms with Gasteiger partial charge in [-0.1, -0.05) is 17.8 Å². The first-order valence-electron chi connectivity index (χ1n) is 6.20. The predicted octanol–water partition coefficient (Wildman–Crippen LogP) is 1.18. The number of rotatable bonds is 8. The van der Waals surface area contributed by atoms with Gasteiger partial charge in [0, 0.05) is 13.5 Å². The number of carbonyl (C=O) groups is 1. The van der Waals surface area contributed by atoms with Gasteiger partial charge in [-0.05, 0) is 0 Å². The van der Waals surface area contributed by atoms with Crippen LogP contribution in [0.4, 0.5) is 4.39 Å². The zero-order chi connectivity index (χ0) is 15.0. The van der Waals surface area contributed by atoms with Crippen LogP contribution in [0.3, 0.4) is 0 Å². The van der Waals surface area contributed by atoms with E-state index in [0.717, 1.165) is 11.8 Å². The number of thioether (sulfide) groups is 1. The molecule has 1 heterocycles. The number of hydrogen-bond donors (Lipinski definition) is 0. The molecule has 112 valence electrons. The number of hydroxylamine groups is 2.